The van der Waals surface area contributed by atoms with Gasteiger partial charge in [0.05, 0.1) is 6.20 Å². The van der Waals surface area contributed by atoms with Crippen molar-refractivity contribution in [3.63, 3.8) is 0 Å². The maximum atomic E-state index is 13.7. The number of anilines is 4. The Morgan fingerprint density at radius 2 is 1.97 bits per heavy atom. The van der Waals surface area contributed by atoms with Crippen molar-refractivity contribution in [2.24, 2.45) is 7.05 Å². The second kappa shape index (κ2) is 8.39. The van der Waals surface area contributed by atoms with E-state index < -0.39 is 0 Å². The number of nitrogens with one attached hydrogen (secondary N) is 3. The van der Waals surface area contributed by atoms with Gasteiger partial charge in [-0.1, -0.05) is 12.1 Å². The summed E-state index contributed by atoms with van der Waals surface area (Å²) in [4.78, 5) is 9.19. The van der Waals surface area contributed by atoms with Crippen LogP contribution in [0.2, 0.25) is 0 Å². The normalized spacial score (nSPS) is 13.0. The minimum atomic E-state index is -0.314. The molecule has 162 valence electrons. The van der Waals surface area contributed by atoms with E-state index in [2.05, 4.69) is 44.2 Å². The van der Waals surface area contributed by atoms with Gasteiger partial charge in [0.2, 0.25) is 5.95 Å². The van der Waals surface area contributed by atoms with E-state index in [4.69, 9.17) is 4.98 Å². The molecule has 5 rings (SSSR count). The first-order chi connectivity index (χ1) is 15.5. The zero-order valence-corrected chi connectivity index (χ0v) is 18.0. The van der Waals surface area contributed by atoms with E-state index in [1.807, 2.05) is 20.2 Å². The van der Waals surface area contributed by atoms with Crippen LogP contribution in [0.15, 0.2) is 55.0 Å². The molecule has 1 aliphatic rings. The summed E-state index contributed by atoms with van der Waals surface area (Å²) in [5.74, 6) is 0.716. The van der Waals surface area contributed by atoms with Gasteiger partial charge in [0.1, 0.15) is 11.6 Å². The van der Waals surface area contributed by atoms with Crippen LogP contribution in [0.1, 0.15) is 16.7 Å². The Bertz CT molecular complexity index is 1280. The van der Waals surface area contributed by atoms with Gasteiger partial charge in [-0.05, 0) is 60.8 Å². The predicted molar refractivity (Wildman–Crippen MR) is 124 cm³/mol. The second-order valence-electron chi connectivity index (χ2n) is 7.98. The first-order valence-corrected chi connectivity index (χ1v) is 10.5. The molecule has 0 saturated carbocycles. The zero-order valence-electron chi connectivity index (χ0n) is 18.0. The van der Waals surface area contributed by atoms with Crippen LogP contribution in [0.4, 0.5) is 27.5 Å². The minimum Gasteiger partial charge on any atom is -0.340 e. The lowest BCUT2D eigenvalue weighted by Gasteiger charge is -2.19. The number of halogens is 1. The molecule has 32 heavy (non-hydrogen) atoms. The Hall–Kier alpha value is -3.78. The van der Waals surface area contributed by atoms with Crippen LogP contribution in [-0.2, 0) is 20.0 Å². The number of aromatic nitrogens is 4. The lowest BCUT2D eigenvalue weighted by Crippen LogP contribution is -2.23. The highest BCUT2D eigenvalue weighted by Gasteiger charge is 2.14. The van der Waals surface area contributed by atoms with Crippen molar-refractivity contribution in [1.82, 2.24) is 25.1 Å². The van der Waals surface area contributed by atoms with Gasteiger partial charge in [-0.3, -0.25) is 4.68 Å². The predicted octanol–water partition coefficient (Wildman–Crippen LogP) is 4.46. The van der Waals surface area contributed by atoms with Gasteiger partial charge in [0, 0.05) is 48.5 Å². The molecule has 0 unspecified atom stereocenters. The lowest BCUT2D eigenvalue weighted by atomic mass is 10.0. The largest absolute Gasteiger partial charge is 0.340 e. The van der Waals surface area contributed by atoms with Crippen molar-refractivity contribution in [3.8, 4) is 11.1 Å². The minimum absolute atomic E-state index is 0.314. The monoisotopic (exact) mass is 429 g/mol. The number of benzene rings is 2. The molecular formula is C24H24FN7. The number of aryl methyl sites for hydroxylation is 2. The Labute approximate surface area is 185 Å². The summed E-state index contributed by atoms with van der Waals surface area (Å²) >= 11 is 0. The van der Waals surface area contributed by atoms with Crippen LogP contribution in [0.5, 0.6) is 0 Å². The number of rotatable bonds is 5. The molecule has 4 aromatic rings. The van der Waals surface area contributed by atoms with E-state index >= 15 is 0 Å². The third-order valence-corrected chi connectivity index (χ3v) is 5.61. The average molecular weight is 430 g/mol. The topological polar surface area (TPSA) is 79.7 Å². The molecule has 0 amide bonds. The number of nitrogens with zero attached hydrogens (tertiary/aromatic N) is 4. The summed E-state index contributed by atoms with van der Waals surface area (Å²) in [5, 5.41) is 14.3. The molecule has 0 spiro atoms. The van der Waals surface area contributed by atoms with E-state index in [-0.39, 0.29) is 5.82 Å². The maximum absolute atomic E-state index is 13.7. The van der Waals surface area contributed by atoms with Crippen LogP contribution in [0.3, 0.4) is 0 Å². The summed E-state index contributed by atoms with van der Waals surface area (Å²) in [7, 11) is 1.87. The molecule has 3 heterocycles. The van der Waals surface area contributed by atoms with Crippen molar-refractivity contribution in [2.45, 2.75) is 19.9 Å². The lowest BCUT2D eigenvalue weighted by molar-refractivity contribution is 0.628. The van der Waals surface area contributed by atoms with Crippen molar-refractivity contribution in [2.75, 3.05) is 17.2 Å². The van der Waals surface area contributed by atoms with Crippen molar-refractivity contribution in [1.29, 1.82) is 0 Å². The first kappa shape index (κ1) is 20.1. The highest BCUT2D eigenvalue weighted by Crippen LogP contribution is 2.31. The summed E-state index contributed by atoms with van der Waals surface area (Å²) in [5.41, 5.74) is 6.87. The molecule has 0 radical (unpaired) electrons. The van der Waals surface area contributed by atoms with Gasteiger partial charge >= 0.3 is 0 Å². The molecule has 1 aliphatic heterocycles. The molecule has 7 nitrogen and oxygen atoms in total. The van der Waals surface area contributed by atoms with E-state index in [1.54, 1.807) is 23.1 Å². The molecule has 0 atom stereocenters. The van der Waals surface area contributed by atoms with Crippen LogP contribution in [0, 0.1) is 12.7 Å². The first-order valence-electron chi connectivity index (χ1n) is 10.5. The smallest absolute Gasteiger partial charge is 0.229 e. The molecule has 2 aromatic heterocycles. The quantitative estimate of drug-likeness (QED) is 0.435. The van der Waals surface area contributed by atoms with Crippen LogP contribution in [-0.4, -0.2) is 26.3 Å². The number of fused-ring (bicyclic) bond motifs is 1. The maximum Gasteiger partial charge on any atom is 0.229 e. The van der Waals surface area contributed by atoms with Gasteiger partial charge in [0.15, 0.2) is 0 Å². The van der Waals surface area contributed by atoms with E-state index in [1.165, 1.54) is 23.3 Å². The fraction of sp³-hybridized carbons (Fsp3) is 0.208. The highest BCUT2D eigenvalue weighted by molar-refractivity contribution is 5.78. The third kappa shape index (κ3) is 4.17. The van der Waals surface area contributed by atoms with Gasteiger partial charge in [0.25, 0.3) is 0 Å². The second-order valence-corrected chi connectivity index (χ2v) is 7.98. The summed E-state index contributed by atoms with van der Waals surface area (Å²) in [6, 6.07) is 11.0. The van der Waals surface area contributed by atoms with E-state index in [0.717, 1.165) is 41.9 Å². The summed E-state index contributed by atoms with van der Waals surface area (Å²) < 4.78 is 15.5. The molecule has 0 saturated heterocycles. The molecule has 0 aliphatic carbocycles. The fourth-order valence-corrected chi connectivity index (χ4v) is 3.85. The number of hydrogen-bond donors (Lipinski definition) is 3. The van der Waals surface area contributed by atoms with Crippen molar-refractivity contribution >= 4 is 23.1 Å². The summed E-state index contributed by atoms with van der Waals surface area (Å²) in [6.45, 7) is 3.77. The molecule has 0 fully saturated rings. The molecule has 0 bridgehead atoms. The molecule has 2 aromatic carbocycles. The van der Waals surface area contributed by atoms with Gasteiger partial charge < -0.3 is 16.0 Å². The SMILES string of the molecule is Cc1ccc(F)cc1Nc1ncc(-c2cnn(C)c2)c(Nc2ccc3c(c2)CNCC3)n1. The standard InChI is InChI=1S/C24H24FN7/c1-15-3-5-19(25)10-22(15)30-24-27-13-21(18-12-28-32(2)14-18)23(31-24)29-20-6-4-16-7-8-26-11-17(16)9-20/h3-6,9-10,12-14,26H,7-8,11H2,1-2H3,(H2,27,29,30,31). The van der Waals surface area contributed by atoms with Gasteiger partial charge in [-0.2, -0.15) is 10.1 Å². The summed E-state index contributed by atoms with van der Waals surface area (Å²) in [6.07, 6.45) is 6.49. The van der Waals surface area contributed by atoms with Crippen LogP contribution < -0.4 is 16.0 Å². The van der Waals surface area contributed by atoms with Crippen LogP contribution in [0.25, 0.3) is 11.1 Å². The third-order valence-electron chi connectivity index (χ3n) is 5.61. The van der Waals surface area contributed by atoms with Crippen molar-refractivity contribution < 1.29 is 4.39 Å². The Kier molecular flexibility index (Phi) is 5.28. The molecular weight excluding hydrogens is 405 g/mol. The Balaban J connectivity index is 1.52. The highest BCUT2D eigenvalue weighted by atomic mass is 19.1. The molecule has 8 heteroatoms. The van der Waals surface area contributed by atoms with E-state index in [0.29, 0.717) is 17.5 Å². The Morgan fingerprint density at radius 1 is 1.06 bits per heavy atom. The molecule has 3 N–H and O–H groups in total. The van der Waals surface area contributed by atoms with E-state index in [9.17, 15) is 4.39 Å². The van der Waals surface area contributed by atoms with Crippen molar-refractivity contribution in [3.05, 3.63) is 77.5 Å². The van der Waals surface area contributed by atoms with Crippen LogP contribution >= 0.6 is 0 Å². The van der Waals surface area contributed by atoms with Gasteiger partial charge in [-0.15, -0.1) is 0 Å². The van der Waals surface area contributed by atoms with Gasteiger partial charge in [-0.25, -0.2) is 9.37 Å². The average Bonchev–Trinajstić information content (AvgIpc) is 3.22. The fourth-order valence-electron chi connectivity index (χ4n) is 3.85. The Morgan fingerprint density at radius 3 is 2.81 bits per heavy atom. The zero-order chi connectivity index (χ0) is 22.1. The number of hydrogen-bond acceptors (Lipinski definition) is 6.